The van der Waals surface area contributed by atoms with Crippen molar-refractivity contribution in [1.29, 1.82) is 0 Å². The van der Waals surface area contributed by atoms with Crippen LogP contribution in [0.3, 0.4) is 0 Å². The van der Waals surface area contributed by atoms with Gasteiger partial charge in [0.15, 0.2) is 0 Å². The van der Waals surface area contributed by atoms with Crippen LogP contribution in [-0.2, 0) is 24.2 Å². The first-order valence-electron chi connectivity index (χ1n) is 11.2. The largest absolute Gasteiger partial charge is 0.497 e. The molecule has 0 fully saturated rings. The topological polar surface area (TPSA) is 67.3 Å². The van der Waals surface area contributed by atoms with Crippen molar-refractivity contribution >= 4 is 22.6 Å². The molecule has 1 aromatic heterocycles. The predicted molar refractivity (Wildman–Crippen MR) is 136 cm³/mol. The Morgan fingerprint density at radius 2 is 1.65 bits per heavy atom. The van der Waals surface area contributed by atoms with Crippen LogP contribution in [0.1, 0.15) is 22.5 Å². The van der Waals surface area contributed by atoms with Crippen LogP contribution >= 0.6 is 11.5 Å². The van der Waals surface area contributed by atoms with Gasteiger partial charge in [-0.05, 0) is 35.2 Å². The number of carbonyl (C=O) groups is 1. The number of ether oxygens (including phenoxy) is 1. The summed E-state index contributed by atoms with van der Waals surface area (Å²) in [5.74, 6) is 1.51. The molecule has 3 aromatic carbocycles. The number of carbonyl (C=O) groups excluding carboxylic acids is 1. The average molecular weight is 473 g/mol. The molecule has 0 radical (unpaired) electrons. The van der Waals surface area contributed by atoms with Gasteiger partial charge in [-0.25, -0.2) is 4.98 Å². The molecule has 0 spiro atoms. The van der Waals surface area contributed by atoms with E-state index in [1.54, 1.807) is 7.11 Å². The van der Waals surface area contributed by atoms with E-state index < -0.39 is 0 Å². The Kier molecular flexibility index (Phi) is 8.24. The maximum atomic E-state index is 12.8. The van der Waals surface area contributed by atoms with Crippen LogP contribution in [0.25, 0.3) is 0 Å². The molecule has 0 atom stereocenters. The third kappa shape index (κ3) is 6.89. The number of hydrogen-bond acceptors (Lipinski definition) is 6. The van der Waals surface area contributed by atoms with E-state index in [1.165, 1.54) is 17.1 Å². The van der Waals surface area contributed by atoms with Gasteiger partial charge in [0.05, 0.1) is 13.7 Å². The Bertz CT molecular complexity index is 1180. The first-order valence-corrected chi connectivity index (χ1v) is 12.0. The van der Waals surface area contributed by atoms with Crippen LogP contribution in [0.5, 0.6) is 5.75 Å². The molecule has 1 N–H and O–H groups in total. The van der Waals surface area contributed by atoms with E-state index in [0.29, 0.717) is 19.5 Å². The number of nitrogens with one attached hydrogen (secondary N) is 1. The molecule has 1 heterocycles. The van der Waals surface area contributed by atoms with Crippen molar-refractivity contribution in [2.24, 2.45) is 0 Å². The van der Waals surface area contributed by atoms with E-state index in [2.05, 4.69) is 34.0 Å². The van der Waals surface area contributed by atoms with Crippen LogP contribution < -0.4 is 15.0 Å². The van der Waals surface area contributed by atoms with Gasteiger partial charge in [-0.15, -0.1) is 0 Å². The van der Waals surface area contributed by atoms with Crippen LogP contribution in [0.2, 0.25) is 0 Å². The van der Waals surface area contributed by atoms with Crippen LogP contribution in [0.15, 0.2) is 84.9 Å². The highest BCUT2D eigenvalue weighted by Crippen LogP contribution is 2.22. The summed E-state index contributed by atoms with van der Waals surface area (Å²) in [4.78, 5) is 19.5. The standard InChI is InChI=1S/C27H28N4O2S/c1-33-24-14-8-13-23(17-24)18-25-29-27(34-30-25)31(19-22-11-6-3-7-12-22)20-26(32)28-16-15-21-9-4-2-5-10-21/h2-14,17H,15-16,18-20H2,1H3,(H,28,32). The van der Waals surface area contributed by atoms with Gasteiger partial charge in [0.25, 0.3) is 0 Å². The van der Waals surface area contributed by atoms with Gasteiger partial charge < -0.3 is 15.0 Å². The van der Waals surface area contributed by atoms with Gasteiger partial charge in [0.2, 0.25) is 11.0 Å². The Hall–Kier alpha value is -3.71. The summed E-state index contributed by atoms with van der Waals surface area (Å²) in [7, 11) is 1.66. The van der Waals surface area contributed by atoms with Gasteiger partial charge in [-0.3, -0.25) is 4.79 Å². The van der Waals surface area contributed by atoms with E-state index in [1.807, 2.05) is 65.6 Å². The first-order chi connectivity index (χ1) is 16.7. The number of anilines is 1. The normalized spacial score (nSPS) is 10.6. The number of methoxy groups -OCH3 is 1. The molecule has 174 valence electrons. The molecule has 1 amide bonds. The smallest absolute Gasteiger partial charge is 0.239 e. The minimum absolute atomic E-state index is 0.0311. The molecule has 0 aliphatic rings. The zero-order valence-electron chi connectivity index (χ0n) is 19.2. The molecule has 6 nitrogen and oxygen atoms in total. The molecule has 4 rings (SSSR count). The number of amides is 1. The SMILES string of the molecule is COc1cccc(Cc2nsc(N(CC(=O)NCCc3ccccc3)Cc3ccccc3)n2)c1. The molecular weight excluding hydrogens is 444 g/mol. The molecule has 0 saturated heterocycles. The summed E-state index contributed by atoms with van der Waals surface area (Å²) in [6.07, 6.45) is 1.41. The second-order valence-corrected chi connectivity index (χ2v) is 8.68. The molecule has 7 heteroatoms. The van der Waals surface area contributed by atoms with E-state index in [0.717, 1.165) is 34.3 Å². The summed E-state index contributed by atoms with van der Waals surface area (Å²) in [6, 6.07) is 28.2. The lowest BCUT2D eigenvalue weighted by atomic mass is 10.1. The third-order valence-electron chi connectivity index (χ3n) is 5.35. The number of benzene rings is 3. The number of hydrogen-bond donors (Lipinski definition) is 1. The number of aromatic nitrogens is 2. The Morgan fingerprint density at radius 3 is 2.38 bits per heavy atom. The Labute approximate surface area is 204 Å². The highest BCUT2D eigenvalue weighted by atomic mass is 32.1. The van der Waals surface area contributed by atoms with Crippen molar-refractivity contribution in [3.63, 3.8) is 0 Å². The highest BCUT2D eigenvalue weighted by Gasteiger charge is 2.17. The second kappa shape index (κ2) is 12.0. The lowest BCUT2D eigenvalue weighted by Gasteiger charge is -2.21. The molecule has 34 heavy (non-hydrogen) atoms. The number of rotatable bonds is 11. The molecule has 0 saturated carbocycles. The van der Waals surface area contributed by atoms with Gasteiger partial charge >= 0.3 is 0 Å². The monoisotopic (exact) mass is 472 g/mol. The minimum atomic E-state index is -0.0311. The third-order valence-corrected chi connectivity index (χ3v) is 6.17. The Balaban J connectivity index is 1.42. The van der Waals surface area contributed by atoms with Gasteiger partial charge in [0.1, 0.15) is 11.6 Å². The zero-order chi connectivity index (χ0) is 23.6. The van der Waals surface area contributed by atoms with E-state index >= 15 is 0 Å². The summed E-state index contributed by atoms with van der Waals surface area (Å²) in [6.45, 7) is 1.40. The van der Waals surface area contributed by atoms with Crippen LogP contribution in [0, 0.1) is 0 Å². The van der Waals surface area contributed by atoms with Gasteiger partial charge in [0, 0.05) is 31.0 Å². The van der Waals surface area contributed by atoms with Crippen molar-refractivity contribution < 1.29 is 9.53 Å². The fourth-order valence-corrected chi connectivity index (χ4v) is 4.31. The zero-order valence-corrected chi connectivity index (χ0v) is 20.0. The quantitative estimate of drug-likeness (QED) is 0.348. The maximum absolute atomic E-state index is 12.8. The fourth-order valence-electron chi connectivity index (χ4n) is 3.63. The molecule has 0 bridgehead atoms. The summed E-state index contributed by atoms with van der Waals surface area (Å²) < 4.78 is 9.87. The lowest BCUT2D eigenvalue weighted by Crippen LogP contribution is -2.37. The molecular formula is C27H28N4O2S. The fraction of sp³-hybridized carbons (Fsp3) is 0.222. The lowest BCUT2D eigenvalue weighted by molar-refractivity contribution is -0.119. The van der Waals surface area contributed by atoms with E-state index in [-0.39, 0.29) is 12.5 Å². The number of nitrogens with zero attached hydrogens (tertiary/aromatic N) is 3. The summed E-state index contributed by atoms with van der Waals surface area (Å²) >= 11 is 1.32. The van der Waals surface area contributed by atoms with Crippen molar-refractivity contribution in [3.8, 4) is 5.75 Å². The molecule has 0 aliphatic heterocycles. The molecule has 4 aromatic rings. The average Bonchev–Trinajstić information content (AvgIpc) is 3.33. The van der Waals surface area contributed by atoms with Crippen molar-refractivity contribution in [3.05, 3.63) is 107 Å². The predicted octanol–water partition coefficient (Wildman–Crippen LogP) is 4.50. The van der Waals surface area contributed by atoms with E-state index in [9.17, 15) is 4.79 Å². The summed E-state index contributed by atoms with van der Waals surface area (Å²) in [5.41, 5.74) is 3.40. The first kappa shape index (κ1) is 23.4. The van der Waals surface area contributed by atoms with Crippen LogP contribution in [-0.4, -0.2) is 35.5 Å². The Morgan fingerprint density at radius 1 is 0.941 bits per heavy atom. The maximum Gasteiger partial charge on any atom is 0.239 e. The highest BCUT2D eigenvalue weighted by molar-refractivity contribution is 7.09. The van der Waals surface area contributed by atoms with Gasteiger partial charge in [-0.1, -0.05) is 72.8 Å². The minimum Gasteiger partial charge on any atom is -0.497 e. The second-order valence-electron chi connectivity index (χ2n) is 7.95. The van der Waals surface area contributed by atoms with E-state index in [4.69, 9.17) is 9.72 Å². The van der Waals surface area contributed by atoms with Gasteiger partial charge in [-0.2, -0.15) is 4.37 Å². The van der Waals surface area contributed by atoms with Crippen LogP contribution in [0.4, 0.5) is 5.13 Å². The van der Waals surface area contributed by atoms with Crippen molar-refractivity contribution in [2.45, 2.75) is 19.4 Å². The molecule has 0 aliphatic carbocycles. The van der Waals surface area contributed by atoms with Crippen molar-refractivity contribution in [2.75, 3.05) is 25.1 Å². The van der Waals surface area contributed by atoms with Crippen molar-refractivity contribution in [1.82, 2.24) is 14.7 Å². The molecule has 0 unspecified atom stereocenters. The summed E-state index contributed by atoms with van der Waals surface area (Å²) in [5, 5.41) is 3.77.